The third kappa shape index (κ3) is 2.51. The summed E-state index contributed by atoms with van der Waals surface area (Å²) in [5.74, 6) is 1.05. The molecule has 1 saturated heterocycles. The van der Waals surface area contributed by atoms with Crippen molar-refractivity contribution in [2.24, 2.45) is 5.73 Å². The van der Waals surface area contributed by atoms with Gasteiger partial charge in [-0.05, 0) is 18.6 Å². The summed E-state index contributed by atoms with van der Waals surface area (Å²) in [6, 6.07) is 4.58. The Kier molecular flexibility index (Phi) is 3.91. The Morgan fingerprint density at radius 1 is 1.26 bits per heavy atom. The van der Waals surface area contributed by atoms with Crippen LogP contribution in [0.4, 0.5) is 0 Å². The Balaban J connectivity index is 0.00000133. The predicted octanol–water partition coefficient (Wildman–Crippen LogP) is 0.559. The molecule has 0 saturated carbocycles. The van der Waals surface area contributed by atoms with Gasteiger partial charge in [-0.3, -0.25) is 0 Å². The third-order valence-corrected chi connectivity index (χ3v) is 5.03. The number of rotatable bonds is 2. The molecule has 0 aromatic heterocycles. The molecule has 6 nitrogen and oxygen atoms in total. The first-order chi connectivity index (χ1) is 8.57. The normalized spacial score (nSPS) is 22.3. The number of nitrogens with two attached hydrogens (primary N) is 1. The first-order valence-electron chi connectivity index (χ1n) is 5.73. The number of nitrogens with zero attached hydrogens (tertiary/aromatic N) is 1. The van der Waals surface area contributed by atoms with E-state index < -0.39 is 10.0 Å². The van der Waals surface area contributed by atoms with Crippen molar-refractivity contribution in [2.75, 3.05) is 19.9 Å². The lowest BCUT2D eigenvalue weighted by atomic mass is 10.3. The molecule has 2 aliphatic rings. The minimum absolute atomic E-state index is 0. The summed E-state index contributed by atoms with van der Waals surface area (Å²) < 4.78 is 36.5. The smallest absolute Gasteiger partial charge is 0.243 e. The lowest BCUT2D eigenvalue weighted by molar-refractivity contribution is 0.174. The van der Waals surface area contributed by atoms with Gasteiger partial charge in [0.1, 0.15) is 0 Å². The van der Waals surface area contributed by atoms with Gasteiger partial charge in [-0.1, -0.05) is 0 Å². The minimum atomic E-state index is -3.48. The molecule has 0 amide bonds. The topological polar surface area (TPSA) is 81.9 Å². The minimum Gasteiger partial charge on any atom is -0.454 e. The zero-order chi connectivity index (χ0) is 12.8. The molecule has 1 unspecified atom stereocenters. The summed E-state index contributed by atoms with van der Waals surface area (Å²) in [5, 5.41) is 0. The fraction of sp³-hybridized carbons (Fsp3) is 0.455. The first-order valence-corrected chi connectivity index (χ1v) is 7.17. The number of sulfonamides is 1. The molecular formula is C11H15ClN2O4S. The number of ether oxygens (including phenoxy) is 2. The molecule has 0 spiro atoms. The Labute approximate surface area is 117 Å². The van der Waals surface area contributed by atoms with Crippen LogP contribution < -0.4 is 15.2 Å². The van der Waals surface area contributed by atoms with Crippen molar-refractivity contribution in [3.05, 3.63) is 18.2 Å². The van der Waals surface area contributed by atoms with Gasteiger partial charge in [0.15, 0.2) is 11.5 Å². The highest BCUT2D eigenvalue weighted by Gasteiger charge is 2.31. The lowest BCUT2D eigenvalue weighted by Crippen LogP contribution is -2.31. The van der Waals surface area contributed by atoms with Crippen LogP contribution in [0.2, 0.25) is 0 Å². The molecule has 1 fully saturated rings. The molecule has 19 heavy (non-hydrogen) atoms. The van der Waals surface area contributed by atoms with Crippen molar-refractivity contribution in [1.82, 2.24) is 4.31 Å². The van der Waals surface area contributed by atoms with Crippen molar-refractivity contribution in [2.45, 2.75) is 17.4 Å². The first kappa shape index (κ1) is 14.4. The second-order valence-corrected chi connectivity index (χ2v) is 6.36. The SMILES string of the molecule is Cl.NC1CCN(S(=O)(=O)c2ccc3c(c2)OCO3)C1. The van der Waals surface area contributed by atoms with E-state index >= 15 is 0 Å². The van der Waals surface area contributed by atoms with E-state index in [9.17, 15) is 8.42 Å². The van der Waals surface area contributed by atoms with E-state index in [0.29, 0.717) is 31.0 Å². The molecule has 3 rings (SSSR count). The van der Waals surface area contributed by atoms with E-state index in [-0.39, 0.29) is 30.1 Å². The zero-order valence-electron chi connectivity index (χ0n) is 10.1. The van der Waals surface area contributed by atoms with Gasteiger partial charge in [-0.25, -0.2) is 8.42 Å². The molecule has 1 aromatic carbocycles. The highest BCUT2D eigenvalue weighted by Crippen LogP contribution is 2.35. The van der Waals surface area contributed by atoms with E-state index in [1.807, 2.05) is 0 Å². The fourth-order valence-corrected chi connectivity index (χ4v) is 3.69. The number of fused-ring (bicyclic) bond motifs is 1. The second-order valence-electron chi connectivity index (χ2n) is 4.43. The lowest BCUT2D eigenvalue weighted by Gasteiger charge is -2.16. The Hall–Kier alpha value is -1.02. The summed E-state index contributed by atoms with van der Waals surface area (Å²) >= 11 is 0. The van der Waals surface area contributed by atoms with Crippen LogP contribution >= 0.6 is 12.4 Å². The molecule has 0 bridgehead atoms. The largest absolute Gasteiger partial charge is 0.454 e. The standard InChI is InChI=1S/C11H14N2O4S.ClH/c12-8-3-4-13(6-8)18(14,15)9-1-2-10-11(5-9)17-7-16-10;/h1-2,5,8H,3-4,6-7,12H2;1H. The van der Waals surface area contributed by atoms with Crippen LogP contribution in [0.25, 0.3) is 0 Å². The molecular weight excluding hydrogens is 292 g/mol. The van der Waals surface area contributed by atoms with Crippen LogP contribution in [-0.2, 0) is 10.0 Å². The molecule has 2 N–H and O–H groups in total. The second kappa shape index (κ2) is 5.16. The maximum absolute atomic E-state index is 12.4. The highest BCUT2D eigenvalue weighted by atomic mass is 35.5. The molecule has 0 radical (unpaired) electrons. The summed E-state index contributed by atoms with van der Waals surface area (Å²) in [4.78, 5) is 0.223. The molecule has 8 heteroatoms. The van der Waals surface area contributed by atoms with E-state index in [0.717, 1.165) is 0 Å². The average Bonchev–Trinajstić information content (AvgIpc) is 2.96. The average molecular weight is 307 g/mol. The summed E-state index contributed by atoms with van der Waals surface area (Å²) in [6.45, 7) is 0.974. The highest BCUT2D eigenvalue weighted by molar-refractivity contribution is 7.89. The quantitative estimate of drug-likeness (QED) is 0.863. The van der Waals surface area contributed by atoms with Gasteiger partial charge < -0.3 is 15.2 Å². The molecule has 0 aliphatic carbocycles. The van der Waals surface area contributed by atoms with Gasteiger partial charge in [0.25, 0.3) is 0 Å². The summed E-state index contributed by atoms with van der Waals surface area (Å²) in [6.07, 6.45) is 0.698. The molecule has 2 aliphatic heterocycles. The molecule has 106 valence electrons. The van der Waals surface area contributed by atoms with Gasteiger partial charge in [0.2, 0.25) is 16.8 Å². The molecule has 1 atom stereocenters. The monoisotopic (exact) mass is 306 g/mol. The van der Waals surface area contributed by atoms with Gasteiger partial charge >= 0.3 is 0 Å². The number of hydrogen-bond donors (Lipinski definition) is 1. The maximum Gasteiger partial charge on any atom is 0.243 e. The zero-order valence-corrected chi connectivity index (χ0v) is 11.7. The Morgan fingerprint density at radius 3 is 2.68 bits per heavy atom. The van der Waals surface area contributed by atoms with Crippen LogP contribution in [0.3, 0.4) is 0 Å². The maximum atomic E-state index is 12.4. The Bertz CT molecular complexity index is 578. The van der Waals surface area contributed by atoms with Crippen LogP contribution in [0.1, 0.15) is 6.42 Å². The molecule has 1 aromatic rings. The number of halogens is 1. The fourth-order valence-electron chi connectivity index (χ4n) is 2.16. The predicted molar refractivity (Wildman–Crippen MR) is 71.2 cm³/mol. The van der Waals surface area contributed by atoms with E-state index in [2.05, 4.69) is 0 Å². The van der Waals surface area contributed by atoms with Crippen LogP contribution in [0, 0.1) is 0 Å². The Morgan fingerprint density at radius 2 is 2.00 bits per heavy atom. The van der Waals surface area contributed by atoms with Gasteiger partial charge in [-0.2, -0.15) is 4.31 Å². The van der Waals surface area contributed by atoms with Gasteiger partial charge in [0, 0.05) is 25.2 Å². The van der Waals surface area contributed by atoms with E-state index in [4.69, 9.17) is 15.2 Å². The van der Waals surface area contributed by atoms with Crippen LogP contribution in [-0.4, -0.2) is 38.6 Å². The summed E-state index contributed by atoms with van der Waals surface area (Å²) in [5.41, 5.74) is 5.74. The van der Waals surface area contributed by atoms with Crippen LogP contribution in [0.5, 0.6) is 11.5 Å². The summed E-state index contributed by atoms with van der Waals surface area (Å²) in [7, 11) is -3.48. The van der Waals surface area contributed by atoms with Crippen molar-refractivity contribution >= 4 is 22.4 Å². The van der Waals surface area contributed by atoms with E-state index in [1.54, 1.807) is 6.07 Å². The number of benzene rings is 1. The van der Waals surface area contributed by atoms with E-state index in [1.165, 1.54) is 16.4 Å². The van der Waals surface area contributed by atoms with Crippen molar-refractivity contribution in [1.29, 1.82) is 0 Å². The van der Waals surface area contributed by atoms with Crippen molar-refractivity contribution < 1.29 is 17.9 Å². The van der Waals surface area contributed by atoms with Crippen LogP contribution in [0.15, 0.2) is 23.1 Å². The van der Waals surface area contributed by atoms with Gasteiger partial charge in [0.05, 0.1) is 4.90 Å². The number of hydrogen-bond acceptors (Lipinski definition) is 5. The van der Waals surface area contributed by atoms with Crippen molar-refractivity contribution in [3.8, 4) is 11.5 Å². The third-order valence-electron chi connectivity index (χ3n) is 3.17. The van der Waals surface area contributed by atoms with Crippen molar-refractivity contribution in [3.63, 3.8) is 0 Å². The van der Waals surface area contributed by atoms with Gasteiger partial charge in [-0.15, -0.1) is 12.4 Å². The molecule has 2 heterocycles.